The first-order chi connectivity index (χ1) is 13.7. The van der Waals surface area contributed by atoms with Gasteiger partial charge in [0.15, 0.2) is 0 Å². The Morgan fingerprint density at radius 1 is 1.00 bits per heavy atom. The molecule has 2 aromatic rings. The number of nitrogens with one attached hydrogen (secondary N) is 3. The van der Waals surface area contributed by atoms with Crippen molar-refractivity contribution in [3.63, 3.8) is 0 Å². The van der Waals surface area contributed by atoms with Crippen molar-refractivity contribution in [2.24, 2.45) is 11.3 Å². The van der Waals surface area contributed by atoms with Gasteiger partial charge < -0.3 is 16.0 Å². The highest BCUT2D eigenvalue weighted by Gasteiger charge is 2.57. The van der Waals surface area contributed by atoms with E-state index in [4.69, 9.17) is 0 Å². The van der Waals surface area contributed by atoms with Crippen LogP contribution < -0.4 is 16.0 Å². The van der Waals surface area contributed by atoms with E-state index in [2.05, 4.69) is 16.0 Å². The summed E-state index contributed by atoms with van der Waals surface area (Å²) < 4.78 is 0. The van der Waals surface area contributed by atoms with E-state index in [9.17, 15) is 9.59 Å². The SMILES string of the molecule is O=C(Nc1ccccc1)C(Cc1ccccc1)NC(=O)C1CC12CCNCC2. The molecule has 0 bridgehead atoms. The summed E-state index contributed by atoms with van der Waals surface area (Å²) in [4.78, 5) is 25.9. The second-order valence-electron chi connectivity index (χ2n) is 7.98. The van der Waals surface area contributed by atoms with E-state index in [1.165, 1.54) is 0 Å². The number of amides is 2. The van der Waals surface area contributed by atoms with E-state index in [0.29, 0.717) is 6.42 Å². The predicted molar refractivity (Wildman–Crippen MR) is 110 cm³/mol. The minimum absolute atomic E-state index is 0.0195. The summed E-state index contributed by atoms with van der Waals surface area (Å²) in [5.74, 6) is -0.119. The van der Waals surface area contributed by atoms with Gasteiger partial charge in [0.1, 0.15) is 6.04 Å². The number of anilines is 1. The third kappa shape index (κ3) is 4.25. The Morgan fingerprint density at radius 2 is 1.64 bits per heavy atom. The lowest BCUT2D eigenvalue weighted by atomic mass is 9.91. The Kier molecular flexibility index (Phi) is 5.44. The number of carbonyl (C=O) groups excluding carboxylic acids is 2. The summed E-state index contributed by atoms with van der Waals surface area (Å²) >= 11 is 0. The lowest BCUT2D eigenvalue weighted by molar-refractivity contribution is -0.128. The van der Waals surface area contributed by atoms with Gasteiger partial charge in [-0.05, 0) is 55.5 Å². The molecule has 2 amide bonds. The summed E-state index contributed by atoms with van der Waals surface area (Å²) in [6.45, 7) is 1.96. The maximum absolute atomic E-state index is 12.9. The van der Waals surface area contributed by atoms with Gasteiger partial charge in [-0.1, -0.05) is 48.5 Å². The second-order valence-corrected chi connectivity index (χ2v) is 7.98. The van der Waals surface area contributed by atoms with Gasteiger partial charge in [0.25, 0.3) is 0 Å². The number of benzene rings is 2. The largest absolute Gasteiger partial charge is 0.344 e. The van der Waals surface area contributed by atoms with Crippen LogP contribution in [0.5, 0.6) is 0 Å². The monoisotopic (exact) mass is 377 g/mol. The van der Waals surface area contributed by atoms with Crippen LogP contribution in [0.3, 0.4) is 0 Å². The molecule has 2 fully saturated rings. The van der Waals surface area contributed by atoms with Gasteiger partial charge in [0.2, 0.25) is 11.8 Å². The van der Waals surface area contributed by atoms with Gasteiger partial charge in [-0.25, -0.2) is 0 Å². The molecule has 0 radical (unpaired) electrons. The van der Waals surface area contributed by atoms with E-state index in [-0.39, 0.29) is 23.1 Å². The van der Waals surface area contributed by atoms with Crippen molar-refractivity contribution in [2.75, 3.05) is 18.4 Å². The van der Waals surface area contributed by atoms with E-state index in [0.717, 1.165) is 43.6 Å². The van der Waals surface area contributed by atoms with Gasteiger partial charge >= 0.3 is 0 Å². The maximum Gasteiger partial charge on any atom is 0.247 e. The second kappa shape index (κ2) is 8.15. The highest BCUT2D eigenvalue weighted by molar-refractivity contribution is 5.98. The molecule has 5 nitrogen and oxygen atoms in total. The van der Waals surface area contributed by atoms with Crippen molar-refractivity contribution >= 4 is 17.5 Å². The maximum atomic E-state index is 12.9. The first-order valence-electron chi connectivity index (χ1n) is 10.1. The molecular weight excluding hydrogens is 350 g/mol. The van der Waals surface area contributed by atoms with Crippen LogP contribution in [0.1, 0.15) is 24.8 Å². The zero-order valence-electron chi connectivity index (χ0n) is 16.0. The molecule has 146 valence electrons. The molecule has 2 atom stereocenters. The molecule has 2 aliphatic rings. The molecule has 2 unspecified atom stereocenters. The summed E-state index contributed by atoms with van der Waals surface area (Å²) in [7, 11) is 0. The number of rotatable bonds is 6. The molecule has 1 aliphatic heterocycles. The standard InChI is InChI=1S/C23H27N3O2/c27-21(19-16-23(19)11-13-24-14-12-23)26-20(15-17-7-3-1-4-8-17)22(28)25-18-9-5-2-6-10-18/h1-10,19-20,24H,11-16H2,(H,25,28)(H,26,27). The van der Waals surface area contributed by atoms with Gasteiger partial charge in [-0.15, -0.1) is 0 Å². The normalized spacial score (nSPS) is 20.9. The Morgan fingerprint density at radius 3 is 2.32 bits per heavy atom. The van der Waals surface area contributed by atoms with Crippen LogP contribution in [0, 0.1) is 11.3 Å². The highest BCUT2D eigenvalue weighted by atomic mass is 16.2. The van der Waals surface area contributed by atoms with Crippen LogP contribution in [0.4, 0.5) is 5.69 Å². The van der Waals surface area contributed by atoms with Crippen LogP contribution >= 0.6 is 0 Å². The smallest absolute Gasteiger partial charge is 0.247 e. The molecule has 1 saturated heterocycles. The topological polar surface area (TPSA) is 70.2 Å². The summed E-state index contributed by atoms with van der Waals surface area (Å²) in [6.07, 6.45) is 3.51. The minimum Gasteiger partial charge on any atom is -0.344 e. The van der Waals surface area contributed by atoms with E-state index in [1.54, 1.807) is 0 Å². The van der Waals surface area contributed by atoms with Gasteiger partial charge in [0.05, 0.1) is 0 Å². The molecule has 2 aromatic carbocycles. The lowest BCUT2D eigenvalue weighted by Crippen LogP contribution is -2.46. The zero-order chi connectivity index (χ0) is 19.4. The van der Waals surface area contributed by atoms with Crippen LogP contribution in [-0.2, 0) is 16.0 Å². The molecular formula is C23H27N3O2. The quantitative estimate of drug-likeness (QED) is 0.725. The van der Waals surface area contributed by atoms with Crippen LogP contribution in [-0.4, -0.2) is 30.9 Å². The van der Waals surface area contributed by atoms with Crippen molar-refractivity contribution in [2.45, 2.75) is 31.7 Å². The van der Waals surface area contributed by atoms with E-state index >= 15 is 0 Å². The Hall–Kier alpha value is -2.66. The summed E-state index contributed by atoms with van der Waals surface area (Å²) in [5.41, 5.74) is 1.92. The Bertz CT molecular complexity index is 816. The number of carbonyl (C=O) groups is 2. The van der Waals surface area contributed by atoms with E-state index < -0.39 is 6.04 Å². The van der Waals surface area contributed by atoms with Crippen molar-refractivity contribution in [1.82, 2.24) is 10.6 Å². The molecule has 3 N–H and O–H groups in total. The average molecular weight is 377 g/mol. The Balaban J connectivity index is 1.45. The van der Waals surface area contributed by atoms with Crippen molar-refractivity contribution in [3.8, 4) is 0 Å². The molecule has 1 saturated carbocycles. The fourth-order valence-corrected chi connectivity index (χ4v) is 4.28. The fourth-order valence-electron chi connectivity index (χ4n) is 4.28. The van der Waals surface area contributed by atoms with Gasteiger partial charge in [0, 0.05) is 18.0 Å². The van der Waals surface area contributed by atoms with Crippen LogP contribution in [0.25, 0.3) is 0 Å². The predicted octanol–water partition coefficient (Wildman–Crippen LogP) is 2.74. The van der Waals surface area contributed by atoms with Crippen LogP contribution in [0.2, 0.25) is 0 Å². The Labute approximate surface area is 165 Å². The highest BCUT2D eigenvalue weighted by Crippen LogP contribution is 2.58. The number of piperidine rings is 1. The molecule has 4 rings (SSSR count). The van der Waals surface area contributed by atoms with Gasteiger partial charge in [-0.3, -0.25) is 9.59 Å². The third-order valence-electron chi connectivity index (χ3n) is 6.06. The summed E-state index contributed by atoms with van der Waals surface area (Å²) in [6, 6.07) is 18.6. The zero-order valence-corrected chi connectivity index (χ0v) is 16.0. The molecule has 1 heterocycles. The number of para-hydroxylation sites is 1. The third-order valence-corrected chi connectivity index (χ3v) is 6.06. The molecule has 5 heteroatoms. The van der Waals surface area contributed by atoms with Crippen molar-refractivity contribution < 1.29 is 9.59 Å². The van der Waals surface area contributed by atoms with Crippen molar-refractivity contribution in [1.29, 1.82) is 0 Å². The molecule has 28 heavy (non-hydrogen) atoms. The number of hydrogen-bond acceptors (Lipinski definition) is 3. The number of hydrogen-bond donors (Lipinski definition) is 3. The minimum atomic E-state index is -0.588. The fraction of sp³-hybridized carbons (Fsp3) is 0.391. The van der Waals surface area contributed by atoms with E-state index in [1.807, 2.05) is 60.7 Å². The van der Waals surface area contributed by atoms with Gasteiger partial charge in [-0.2, -0.15) is 0 Å². The summed E-state index contributed by atoms with van der Waals surface area (Å²) in [5, 5.41) is 9.34. The first kappa shape index (κ1) is 18.7. The van der Waals surface area contributed by atoms with Crippen LogP contribution in [0.15, 0.2) is 60.7 Å². The lowest BCUT2D eigenvalue weighted by Gasteiger charge is -2.24. The first-order valence-corrected chi connectivity index (χ1v) is 10.1. The molecule has 1 spiro atoms. The molecule has 0 aromatic heterocycles. The molecule has 1 aliphatic carbocycles. The average Bonchev–Trinajstić information content (AvgIpc) is 3.42. The van der Waals surface area contributed by atoms with Crippen molar-refractivity contribution in [3.05, 3.63) is 66.2 Å².